The zero-order valence-electron chi connectivity index (χ0n) is 16.6. The van der Waals surface area contributed by atoms with E-state index in [0.717, 1.165) is 25.2 Å². The first kappa shape index (κ1) is 18.7. The van der Waals surface area contributed by atoms with Crippen molar-refractivity contribution >= 4 is 11.5 Å². The van der Waals surface area contributed by atoms with E-state index in [1.807, 2.05) is 29.9 Å². The quantitative estimate of drug-likeness (QED) is 0.560. The molecule has 1 aromatic carbocycles. The number of hydrogen-bond donors (Lipinski definition) is 1. The van der Waals surface area contributed by atoms with Crippen molar-refractivity contribution in [3.8, 4) is 11.4 Å². The summed E-state index contributed by atoms with van der Waals surface area (Å²) in [4.78, 5) is 6.44. The number of aryl methyl sites for hydroxylation is 1. The topological polar surface area (TPSA) is 84.4 Å². The van der Waals surface area contributed by atoms with Crippen molar-refractivity contribution in [2.45, 2.75) is 18.9 Å². The van der Waals surface area contributed by atoms with E-state index < -0.39 is 6.10 Å². The van der Waals surface area contributed by atoms with E-state index in [9.17, 15) is 9.50 Å². The van der Waals surface area contributed by atoms with Crippen LogP contribution in [0.25, 0.3) is 17.0 Å². The Hall–Kier alpha value is -3.33. The lowest BCUT2D eigenvalue weighted by atomic mass is 9.92. The molecule has 1 fully saturated rings. The molecule has 2 unspecified atom stereocenters. The minimum Gasteiger partial charge on any atom is -0.385 e. The molecule has 3 aromatic heterocycles. The van der Waals surface area contributed by atoms with Gasteiger partial charge in [0.1, 0.15) is 23.6 Å². The Morgan fingerprint density at radius 3 is 2.83 bits per heavy atom. The number of hydrogen-bond acceptors (Lipinski definition) is 6. The van der Waals surface area contributed by atoms with Crippen LogP contribution in [-0.4, -0.2) is 47.6 Å². The van der Waals surface area contributed by atoms with E-state index in [2.05, 4.69) is 20.1 Å². The fourth-order valence-corrected chi connectivity index (χ4v) is 4.11. The maximum Gasteiger partial charge on any atom is 0.188 e. The first-order chi connectivity index (χ1) is 14.6. The van der Waals surface area contributed by atoms with Gasteiger partial charge in [-0.15, -0.1) is 15.3 Å². The second-order valence-corrected chi connectivity index (χ2v) is 7.65. The molecule has 0 saturated carbocycles. The highest BCUT2D eigenvalue weighted by molar-refractivity contribution is 5.60. The number of aromatic nitrogens is 6. The van der Waals surface area contributed by atoms with Crippen LogP contribution in [0.2, 0.25) is 0 Å². The van der Waals surface area contributed by atoms with Crippen molar-refractivity contribution in [1.29, 1.82) is 0 Å². The molecule has 2 atom stereocenters. The number of piperidine rings is 1. The van der Waals surface area contributed by atoms with Crippen LogP contribution in [-0.2, 0) is 7.05 Å². The minimum atomic E-state index is -0.639. The lowest BCUT2D eigenvalue weighted by Gasteiger charge is -2.35. The SMILES string of the molecule is Cn1ccnc1C(O)C1CCCN(c2ccc3nnc(-c4ccccc4F)n3n2)C1. The third kappa shape index (κ3) is 3.21. The zero-order valence-corrected chi connectivity index (χ0v) is 16.6. The van der Waals surface area contributed by atoms with Crippen LogP contribution in [0.15, 0.2) is 48.8 Å². The number of nitrogens with zero attached hydrogens (tertiary/aromatic N) is 7. The lowest BCUT2D eigenvalue weighted by molar-refractivity contribution is 0.0873. The Labute approximate surface area is 172 Å². The molecule has 1 aliphatic heterocycles. The van der Waals surface area contributed by atoms with Gasteiger partial charge in [-0.1, -0.05) is 12.1 Å². The highest BCUT2D eigenvalue weighted by Gasteiger charge is 2.30. The maximum absolute atomic E-state index is 14.3. The van der Waals surface area contributed by atoms with Gasteiger partial charge in [0.05, 0.1) is 5.56 Å². The number of benzene rings is 1. The third-order valence-electron chi connectivity index (χ3n) is 5.71. The van der Waals surface area contributed by atoms with Crippen LogP contribution >= 0.6 is 0 Å². The fourth-order valence-electron chi connectivity index (χ4n) is 4.11. The number of rotatable bonds is 4. The van der Waals surface area contributed by atoms with E-state index in [1.54, 1.807) is 28.9 Å². The van der Waals surface area contributed by atoms with Crippen molar-refractivity contribution in [2.24, 2.45) is 13.0 Å². The van der Waals surface area contributed by atoms with Crippen LogP contribution in [0.4, 0.5) is 10.2 Å². The fraction of sp³-hybridized carbons (Fsp3) is 0.333. The average molecular weight is 407 g/mol. The molecular weight excluding hydrogens is 385 g/mol. The summed E-state index contributed by atoms with van der Waals surface area (Å²) < 4.78 is 17.7. The Bertz CT molecular complexity index is 1190. The van der Waals surface area contributed by atoms with E-state index >= 15 is 0 Å². The molecule has 4 aromatic rings. The van der Waals surface area contributed by atoms with Gasteiger partial charge in [-0.3, -0.25) is 0 Å². The molecule has 5 rings (SSSR count). The van der Waals surface area contributed by atoms with Gasteiger partial charge in [0.2, 0.25) is 0 Å². The van der Waals surface area contributed by atoms with Gasteiger partial charge in [-0.05, 0) is 37.1 Å². The summed E-state index contributed by atoms with van der Waals surface area (Å²) in [6.07, 6.45) is 4.75. The predicted molar refractivity (Wildman–Crippen MR) is 109 cm³/mol. The summed E-state index contributed by atoms with van der Waals surface area (Å²) in [5, 5.41) is 23.8. The molecule has 1 aliphatic rings. The van der Waals surface area contributed by atoms with Gasteiger partial charge in [-0.25, -0.2) is 9.37 Å². The van der Waals surface area contributed by atoms with Gasteiger partial charge < -0.3 is 14.6 Å². The predicted octanol–water partition coefficient (Wildman–Crippen LogP) is 2.61. The van der Waals surface area contributed by atoms with Crippen LogP contribution in [0.3, 0.4) is 0 Å². The molecular formula is C21H22FN7O. The number of halogens is 1. The first-order valence-electron chi connectivity index (χ1n) is 9.99. The molecule has 8 nitrogen and oxygen atoms in total. The molecule has 30 heavy (non-hydrogen) atoms. The van der Waals surface area contributed by atoms with Crippen molar-refractivity contribution in [3.05, 3.63) is 60.4 Å². The lowest BCUT2D eigenvalue weighted by Crippen LogP contribution is -2.39. The molecule has 0 spiro atoms. The van der Waals surface area contributed by atoms with Crippen LogP contribution < -0.4 is 4.90 Å². The molecule has 0 aliphatic carbocycles. The Kier molecular flexibility index (Phi) is 4.66. The number of anilines is 1. The molecule has 9 heteroatoms. The van der Waals surface area contributed by atoms with Crippen molar-refractivity contribution < 1.29 is 9.50 Å². The van der Waals surface area contributed by atoms with Crippen molar-refractivity contribution in [2.75, 3.05) is 18.0 Å². The summed E-state index contributed by atoms with van der Waals surface area (Å²) in [7, 11) is 1.89. The number of aliphatic hydroxyl groups is 1. The molecule has 4 heterocycles. The molecule has 1 N–H and O–H groups in total. The van der Waals surface area contributed by atoms with E-state index in [0.29, 0.717) is 29.4 Å². The Balaban J connectivity index is 1.45. The standard InChI is InChI=1S/C21H22FN7O/c1-27-12-10-23-21(27)19(30)14-5-4-11-28(13-14)18-9-8-17-24-25-20(29(17)26-18)15-6-2-3-7-16(15)22/h2-3,6-10,12,14,19,30H,4-5,11,13H2,1H3. The van der Waals surface area contributed by atoms with Crippen molar-refractivity contribution in [1.82, 2.24) is 29.4 Å². The first-order valence-corrected chi connectivity index (χ1v) is 9.99. The van der Waals surface area contributed by atoms with E-state index in [-0.39, 0.29) is 11.7 Å². The highest BCUT2D eigenvalue weighted by atomic mass is 19.1. The minimum absolute atomic E-state index is 0.0456. The number of fused-ring (bicyclic) bond motifs is 1. The van der Waals surface area contributed by atoms with Gasteiger partial charge >= 0.3 is 0 Å². The van der Waals surface area contributed by atoms with Gasteiger partial charge in [0, 0.05) is 38.4 Å². The highest BCUT2D eigenvalue weighted by Crippen LogP contribution is 2.31. The largest absolute Gasteiger partial charge is 0.385 e. The smallest absolute Gasteiger partial charge is 0.188 e. The Morgan fingerprint density at radius 1 is 1.17 bits per heavy atom. The van der Waals surface area contributed by atoms with E-state index in [1.165, 1.54) is 6.07 Å². The zero-order chi connectivity index (χ0) is 20.7. The molecule has 154 valence electrons. The number of aliphatic hydroxyl groups excluding tert-OH is 1. The summed E-state index contributed by atoms with van der Waals surface area (Å²) in [5.74, 6) is 1.47. The molecule has 1 saturated heterocycles. The van der Waals surface area contributed by atoms with Crippen LogP contribution in [0.1, 0.15) is 24.8 Å². The van der Waals surface area contributed by atoms with Crippen LogP contribution in [0, 0.1) is 11.7 Å². The summed E-state index contributed by atoms with van der Waals surface area (Å²) >= 11 is 0. The summed E-state index contributed by atoms with van der Waals surface area (Å²) in [6, 6.07) is 10.2. The van der Waals surface area contributed by atoms with Crippen molar-refractivity contribution in [3.63, 3.8) is 0 Å². The number of imidazole rings is 1. The average Bonchev–Trinajstić information content (AvgIpc) is 3.39. The van der Waals surface area contributed by atoms with Gasteiger partial charge in [0.25, 0.3) is 0 Å². The van der Waals surface area contributed by atoms with Gasteiger partial charge in [0.15, 0.2) is 11.5 Å². The molecule has 0 amide bonds. The van der Waals surface area contributed by atoms with Crippen LogP contribution in [0.5, 0.6) is 0 Å². The summed E-state index contributed by atoms with van der Waals surface area (Å²) in [6.45, 7) is 1.49. The van der Waals surface area contributed by atoms with E-state index in [4.69, 9.17) is 5.10 Å². The Morgan fingerprint density at radius 2 is 2.03 bits per heavy atom. The molecule has 0 bridgehead atoms. The summed E-state index contributed by atoms with van der Waals surface area (Å²) in [5.41, 5.74) is 0.912. The monoisotopic (exact) mass is 407 g/mol. The normalized spacial score (nSPS) is 18.1. The molecule has 0 radical (unpaired) electrons. The van der Waals surface area contributed by atoms with Gasteiger partial charge in [-0.2, -0.15) is 4.52 Å². The maximum atomic E-state index is 14.3. The third-order valence-corrected chi connectivity index (χ3v) is 5.71. The second-order valence-electron chi connectivity index (χ2n) is 7.65. The second kappa shape index (κ2) is 7.49.